The Morgan fingerprint density at radius 1 is 1.50 bits per heavy atom. The number of hydrogen-bond acceptors (Lipinski definition) is 1. The van der Waals surface area contributed by atoms with E-state index in [1.165, 1.54) is 6.07 Å². The first-order valence-corrected chi connectivity index (χ1v) is 4.64. The fraction of sp³-hybridized carbons (Fsp3) is 0.333. The van der Waals surface area contributed by atoms with Crippen molar-refractivity contribution in [2.75, 3.05) is 0 Å². The third kappa shape index (κ3) is 1.08. The lowest BCUT2D eigenvalue weighted by molar-refractivity contribution is 0.179. The van der Waals surface area contributed by atoms with Crippen molar-refractivity contribution < 1.29 is 9.50 Å². The van der Waals surface area contributed by atoms with Crippen LogP contribution in [-0.4, -0.2) is 5.11 Å². The van der Waals surface area contributed by atoms with Crippen molar-refractivity contribution in [3.05, 3.63) is 33.5 Å². The molecule has 12 heavy (non-hydrogen) atoms. The second-order valence-corrected chi connectivity index (χ2v) is 3.83. The average Bonchev–Trinajstić information content (AvgIpc) is 2.42. The molecule has 1 aliphatic rings. The lowest BCUT2D eigenvalue weighted by atomic mass is 10.1. The molecule has 1 atom stereocenters. The van der Waals surface area contributed by atoms with Crippen LogP contribution in [0.3, 0.4) is 0 Å². The minimum atomic E-state index is -0.495. The molecule has 1 aliphatic carbocycles. The van der Waals surface area contributed by atoms with E-state index in [0.29, 0.717) is 18.4 Å². The summed E-state index contributed by atoms with van der Waals surface area (Å²) in [4.78, 5) is 0. The van der Waals surface area contributed by atoms with Gasteiger partial charge in [-0.2, -0.15) is 0 Å². The highest BCUT2D eigenvalue weighted by atomic mass is 79.9. The van der Waals surface area contributed by atoms with Crippen LogP contribution in [0.4, 0.5) is 4.39 Å². The summed E-state index contributed by atoms with van der Waals surface area (Å²) < 4.78 is 13.9. The minimum absolute atomic E-state index is 0.204. The summed E-state index contributed by atoms with van der Waals surface area (Å²) in [5.74, 6) is -0.204. The Bertz CT molecular complexity index is 325. The smallest absolute Gasteiger partial charge is 0.126 e. The standard InChI is InChI=1S/C9H8BrFO/c10-6-2-3-7(11)5-1-4-8(12)9(5)6/h2-3,8,12H,1,4H2. The van der Waals surface area contributed by atoms with E-state index in [4.69, 9.17) is 0 Å². The van der Waals surface area contributed by atoms with E-state index in [0.717, 1.165) is 10.0 Å². The molecule has 0 heterocycles. The van der Waals surface area contributed by atoms with E-state index in [1.54, 1.807) is 6.07 Å². The van der Waals surface area contributed by atoms with E-state index in [2.05, 4.69) is 15.9 Å². The fourth-order valence-electron chi connectivity index (χ4n) is 1.65. The molecular weight excluding hydrogens is 223 g/mol. The minimum Gasteiger partial charge on any atom is -0.388 e. The third-order valence-electron chi connectivity index (χ3n) is 2.25. The highest BCUT2D eigenvalue weighted by Gasteiger charge is 2.25. The van der Waals surface area contributed by atoms with Gasteiger partial charge in [-0.3, -0.25) is 0 Å². The fourth-order valence-corrected chi connectivity index (χ4v) is 2.28. The van der Waals surface area contributed by atoms with Gasteiger partial charge in [0.2, 0.25) is 0 Å². The number of rotatable bonds is 0. The first-order chi connectivity index (χ1) is 5.70. The second kappa shape index (κ2) is 2.82. The molecule has 1 aromatic carbocycles. The van der Waals surface area contributed by atoms with Crippen molar-refractivity contribution in [1.82, 2.24) is 0 Å². The topological polar surface area (TPSA) is 20.2 Å². The predicted molar refractivity (Wildman–Crippen MR) is 47.4 cm³/mol. The maximum atomic E-state index is 13.1. The number of hydrogen-bond donors (Lipinski definition) is 1. The molecule has 0 saturated carbocycles. The summed E-state index contributed by atoms with van der Waals surface area (Å²) in [6.45, 7) is 0. The number of halogens is 2. The summed E-state index contributed by atoms with van der Waals surface area (Å²) in [5, 5.41) is 9.49. The average molecular weight is 231 g/mol. The first-order valence-electron chi connectivity index (χ1n) is 3.85. The Morgan fingerprint density at radius 3 is 2.92 bits per heavy atom. The van der Waals surface area contributed by atoms with E-state index < -0.39 is 6.10 Å². The van der Waals surface area contributed by atoms with Gasteiger partial charge in [0.25, 0.3) is 0 Å². The molecular formula is C9H8BrFO. The van der Waals surface area contributed by atoms with Crippen LogP contribution in [-0.2, 0) is 6.42 Å². The molecule has 0 saturated heterocycles. The molecule has 1 unspecified atom stereocenters. The lowest BCUT2D eigenvalue weighted by Crippen LogP contribution is -1.93. The molecule has 0 amide bonds. The SMILES string of the molecule is OC1CCc2c(F)ccc(Br)c21. The summed E-state index contributed by atoms with van der Waals surface area (Å²) in [6.07, 6.45) is 0.779. The molecule has 0 aliphatic heterocycles. The van der Waals surface area contributed by atoms with Crippen LogP contribution in [0, 0.1) is 5.82 Å². The molecule has 0 aromatic heterocycles. The monoisotopic (exact) mass is 230 g/mol. The van der Waals surface area contributed by atoms with Gasteiger partial charge in [0.05, 0.1) is 6.10 Å². The molecule has 0 spiro atoms. The molecule has 2 rings (SSSR count). The zero-order chi connectivity index (χ0) is 8.72. The van der Waals surface area contributed by atoms with E-state index >= 15 is 0 Å². The van der Waals surface area contributed by atoms with Crippen molar-refractivity contribution in [2.45, 2.75) is 18.9 Å². The van der Waals surface area contributed by atoms with Crippen LogP contribution in [0.25, 0.3) is 0 Å². The third-order valence-corrected chi connectivity index (χ3v) is 2.94. The number of benzene rings is 1. The van der Waals surface area contributed by atoms with Gasteiger partial charge in [0, 0.05) is 10.0 Å². The summed E-state index contributed by atoms with van der Waals surface area (Å²) >= 11 is 3.30. The lowest BCUT2D eigenvalue weighted by Gasteiger charge is -2.06. The van der Waals surface area contributed by atoms with E-state index in [1.807, 2.05) is 0 Å². The number of aliphatic hydroxyl groups excluding tert-OH is 1. The zero-order valence-corrected chi connectivity index (χ0v) is 7.94. The molecule has 0 bridgehead atoms. The maximum Gasteiger partial charge on any atom is 0.126 e. The van der Waals surface area contributed by atoms with Crippen molar-refractivity contribution >= 4 is 15.9 Å². The van der Waals surface area contributed by atoms with E-state index in [9.17, 15) is 9.50 Å². The van der Waals surface area contributed by atoms with Crippen molar-refractivity contribution in [3.8, 4) is 0 Å². The van der Waals surface area contributed by atoms with Crippen molar-refractivity contribution in [2.24, 2.45) is 0 Å². The second-order valence-electron chi connectivity index (χ2n) is 2.98. The van der Waals surface area contributed by atoms with Gasteiger partial charge in [-0.05, 0) is 30.5 Å². The quantitative estimate of drug-likeness (QED) is 0.727. The van der Waals surface area contributed by atoms with E-state index in [-0.39, 0.29) is 5.82 Å². The van der Waals surface area contributed by atoms with Crippen LogP contribution in [0.5, 0.6) is 0 Å². The maximum absolute atomic E-state index is 13.1. The summed E-state index contributed by atoms with van der Waals surface area (Å²) in [6, 6.07) is 3.07. The molecule has 1 aromatic rings. The Kier molecular flexibility index (Phi) is 1.93. The van der Waals surface area contributed by atoms with Crippen LogP contribution >= 0.6 is 15.9 Å². The highest BCUT2D eigenvalue weighted by molar-refractivity contribution is 9.10. The summed E-state index contributed by atoms with van der Waals surface area (Å²) in [5.41, 5.74) is 1.40. The Hall–Kier alpha value is -0.410. The normalized spacial score (nSPS) is 21.1. The van der Waals surface area contributed by atoms with Crippen LogP contribution in [0.2, 0.25) is 0 Å². The molecule has 0 radical (unpaired) electrons. The first kappa shape index (κ1) is 8.20. The van der Waals surface area contributed by atoms with Gasteiger partial charge in [0.1, 0.15) is 5.82 Å². The highest BCUT2D eigenvalue weighted by Crippen LogP contribution is 2.37. The van der Waals surface area contributed by atoms with Gasteiger partial charge in [-0.1, -0.05) is 15.9 Å². The molecule has 1 nitrogen and oxygen atoms in total. The molecule has 1 N–H and O–H groups in total. The van der Waals surface area contributed by atoms with Gasteiger partial charge >= 0.3 is 0 Å². The van der Waals surface area contributed by atoms with Crippen molar-refractivity contribution in [3.63, 3.8) is 0 Å². The summed E-state index contributed by atoms with van der Waals surface area (Å²) in [7, 11) is 0. The zero-order valence-electron chi connectivity index (χ0n) is 6.35. The van der Waals surface area contributed by atoms with Crippen molar-refractivity contribution in [1.29, 1.82) is 0 Å². The Morgan fingerprint density at radius 2 is 2.25 bits per heavy atom. The van der Waals surface area contributed by atoms with Crippen LogP contribution in [0.1, 0.15) is 23.7 Å². The Labute approximate surface area is 78.3 Å². The van der Waals surface area contributed by atoms with Gasteiger partial charge in [-0.15, -0.1) is 0 Å². The Balaban J connectivity index is 2.64. The van der Waals surface area contributed by atoms with Gasteiger partial charge in [-0.25, -0.2) is 4.39 Å². The molecule has 0 fully saturated rings. The van der Waals surface area contributed by atoms with Crippen LogP contribution in [0.15, 0.2) is 16.6 Å². The van der Waals surface area contributed by atoms with Gasteiger partial charge in [0.15, 0.2) is 0 Å². The predicted octanol–water partition coefficient (Wildman–Crippen LogP) is 2.57. The molecule has 3 heteroatoms. The molecule has 64 valence electrons. The number of aliphatic hydroxyl groups is 1. The van der Waals surface area contributed by atoms with Gasteiger partial charge < -0.3 is 5.11 Å². The largest absolute Gasteiger partial charge is 0.388 e. The van der Waals surface area contributed by atoms with Crippen LogP contribution < -0.4 is 0 Å². The number of fused-ring (bicyclic) bond motifs is 1.